The molecule has 1 aromatic carbocycles. The number of hydrogen-bond acceptors (Lipinski definition) is 3. The fourth-order valence-electron chi connectivity index (χ4n) is 5.59. The Hall–Kier alpha value is -2.37. The first-order chi connectivity index (χ1) is 13.4. The number of rotatable bonds is 6. The van der Waals surface area contributed by atoms with Crippen LogP contribution in [0.5, 0.6) is 0 Å². The molecule has 0 aromatic heterocycles. The molecule has 5 atom stereocenters. The van der Waals surface area contributed by atoms with E-state index in [0.717, 1.165) is 16.4 Å². The van der Waals surface area contributed by atoms with Gasteiger partial charge in [-0.05, 0) is 55.9 Å². The van der Waals surface area contributed by atoms with Crippen molar-refractivity contribution in [3.63, 3.8) is 0 Å². The van der Waals surface area contributed by atoms with Crippen molar-refractivity contribution in [3.8, 4) is 0 Å². The first-order valence-electron chi connectivity index (χ1n) is 10.4. The average molecular weight is 383 g/mol. The van der Waals surface area contributed by atoms with Gasteiger partial charge < -0.3 is 10.6 Å². The van der Waals surface area contributed by atoms with E-state index in [0.29, 0.717) is 18.3 Å². The Kier molecular flexibility index (Phi) is 4.89. The molecule has 1 saturated heterocycles. The minimum Gasteiger partial charge on any atom is -0.352 e. The summed E-state index contributed by atoms with van der Waals surface area (Å²) >= 11 is 0. The van der Waals surface area contributed by atoms with Gasteiger partial charge in [0.25, 0.3) is 5.91 Å². The van der Waals surface area contributed by atoms with Crippen LogP contribution in [0.2, 0.25) is 0 Å². The molecular weight excluding hydrogens is 354 g/mol. The summed E-state index contributed by atoms with van der Waals surface area (Å²) in [5, 5.41) is 5.87. The molecule has 150 valence electrons. The van der Waals surface area contributed by atoms with Gasteiger partial charge in [-0.15, -0.1) is 0 Å². The van der Waals surface area contributed by atoms with E-state index < -0.39 is 11.6 Å². The topological polar surface area (TPSA) is 78.5 Å². The number of amides is 4. The van der Waals surface area contributed by atoms with Crippen molar-refractivity contribution in [1.82, 2.24) is 15.5 Å². The van der Waals surface area contributed by atoms with Crippen LogP contribution >= 0.6 is 0 Å². The normalized spacial score (nSPS) is 32.5. The summed E-state index contributed by atoms with van der Waals surface area (Å²) in [6.07, 6.45) is 5.49. The molecule has 6 heteroatoms. The Labute approximate surface area is 166 Å². The molecule has 5 unspecified atom stereocenters. The molecule has 0 spiro atoms. The lowest BCUT2D eigenvalue weighted by atomic mass is 9.84. The number of benzene rings is 1. The molecule has 3 fully saturated rings. The minimum absolute atomic E-state index is 0.0774. The minimum atomic E-state index is -1.09. The SMILES string of the molecule is CCC1(c2ccccc2)NC(=O)N(CC(=O)NC(C)C2CC3CCC2C3)C1=O. The number of fused-ring (bicyclic) bond motifs is 2. The quantitative estimate of drug-likeness (QED) is 0.742. The molecule has 6 nitrogen and oxygen atoms in total. The molecule has 1 heterocycles. The van der Waals surface area contributed by atoms with Gasteiger partial charge in [0.15, 0.2) is 0 Å². The predicted octanol–water partition coefficient (Wildman–Crippen LogP) is 2.78. The fraction of sp³-hybridized carbons (Fsp3) is 0.591. The molecule has 2 bridgehead atoms. The monoisotopic (exact) mass is 383 g/mol. The van der Waals surface area contributed by atoms with Gasteiger partial charge in [0, 0.05) is 6.04 Å². The van der Waals surface area contributed by atoms with Crippen molar-refractivity contribution < 1.29 is 14.4 Å². The lowest BCUT2D eigenvalue weighted by Gasteiger charge is -2.29. The number of carbonyl (C=O) groups excluding carboxylic acids is 3. The van der Waals surface area contributed by atoms with Crippen molar-refractivity contribution >= 4 is 17.8 Å². The standard InChI is InChI=1S/C22H29N3O3/c1-3-22(17-7-5-4-6-8-17)20(27)25(21(28)24-22)13-19(26)23-14(2)18-12-15-9-10-16(18)11-15/h4-8,14-16,18H,3,9-13H2,1-2H3,(H,23,26)(H,24,28). The van der Waals surface area contributed by atoms with E-state index in [1.54, 1.807) is 0 Å². The zero-order chi connectivity index (χ0) is 19.9. The smallest absolute Gasteiger partial charge is 0.325 e. The summed E-state index contributed by atoms with van der Waals surface area (Å²) in [5.41, 5.74) is -0.344. The largest absolute Gasteiger partial charge is 0.352 e. The molecule has 4 amide bonds. The van der Waals surface area contributed by atoms with Crippen molar-refractivity contribution in [2.24, 2.45) is 17.8 Å². The van der Waals surface area contributed by atoms with Crippen molar-refractivity contribution in [1.29, 1.82) is 0 Å². The summed E-state index contributed by atoms with van der Waals surface area (Å²) in [7, 11) is 0. The molecular formula is C22H29N3O3. The summed E-state index contributed by atoms with van der Waals surface area (Å²) in [6, 6.07) is 8.81. The maximum atomic E-state index is 13.1. The van der Waals surface area contributed by atoms with Gasteiger partial charge in [0.2, 0.25) is 5.91 Å². The van der Waals surface area contributed by atoms with Gasteiger partial charge in [-0.1, -0.05) is 43.7 Å². The van der Waals surface area contributed by atoms with Crippen LogP contribution in [0.25, 0.3) is 0 Å². The number of carbonyl (C=O) groups is 3. The van der Waals surface area contributed by atoms with Gasteiger partial charge in [0.1, 0.15) is 12.1 Å². The van der Waals surface area contributed by atoms with Crippen LogP contribution in [0, 0.1) is 17.8 Å². The zero-order valence-electron chi connectivity index (χ0n) is 16.6. The van der Waals surface area contributed by atoms with Crippen LogP contribution < -0.4 is 10.6 Å². The van der Waals surface area contributed by atoms with Crippen LogP contribution in [0.3, 0.4) is 0 Å². The second-order valence-corrected chi connectivity index (χ2v) is 8.64. The van der Waals surface area contributed by atoms with E-state index >= 15 is 0 Å². The lowest BCUT2D eigenvalue weighted by Crippen LogP contribution is -2.47. The van der Waals surface area contributed by atoms with E-state index in [1.165, 1.54) is 25.7 Å². The maximum absolute atomic E-state index is 13.1. The van der Waals surface area contributed by atoms with Crippen LogP contribution in [0.15, 0.2) is 30.3 Å². The fourth-order valence-corrected chi connectivity index (χ4v) is 5.59. The molecule has 2 aliphatic carbocycles. The van der Waals surface area contributed by atoms with Crippen LogP contribution in [-0.4, -0.2) is 35.3 Å². The first-order valence-corrected chi connectivity index (χ1v) is 10.4. The third kappa shape index (κ3) is 3.09. The Bertz CT molecular complexity index is 780. The van der Waals surface area contributed by atoms with E-state index in [9.17, 15) is 14.4 Å². The molecule has 28 heavy (non-hydrogen) atoms. The number of urea groups is 1. The molecule has 4 rings (SSSR count). The lowest BCUT2D eigenvalue weighted by molar-refractivity contribution is -0.135. The highest BCUT2D eigenvalue weighted by Gasteiger charge is 2.51. The number of nitrogens with one attached hydrogen (secondary N) is 2. The van der Waals surface area contributed by atoms with Gasteiger partial charge in [-0.25, -0.2) is 4.79 Å². The maximum Gasteiger partial charge on any atom is 0.325 e. The summed E-state index contributed by atoms with van der Waals surface area (Å²) in [5.74, 6) is 1.43. The van der Waals surface area contributed by atoms with Gasteiger partial charge in [-0.3, -0.25) is 14.5 Å². The number of hydrogen-bond donors (Lipinski definition) is 2. The highest BCUT2D eigenvalue weighted by atomic mass is 16.2. The van der Waals surface area contributed by atoms with Crippen molar-refractivity contribution in [3.05, 3.63) is 35.9 Å². The van der Waals surface area contributed by atoms with Crippen molar-refractivity contribution in [2.75, 3.05) is 6.54 Å². The van der Waals surface area contributed by atoms with Crippen LogP contribution in [0.1, 0.15) is 51.5 Å². The average Bonchev–Trinajstić information content (AvgIpc) is 3.39. The Balaban J connectivity index is 1.42. The summed E-state index contributed by atoms with van der Waals surface area (Å²) < 4.78 is 0. The second kappa shape index (κ2) is 7.22. The van der Waals surface area contributed by atoms with E-state index in [4.69, 9.17) is 0 Å². The molecule has 1 aliphatic heterocycles. The number of nitrogens with zero attached hydrogens (tertiary/aromatic N) is 1. The third-order valence-corrected chi connectivity index (χ3v) is 7.10. The van der Waals surface area contributed by atoms with E-state index in [2.05, 4.69) is 17.6 Å². The molecule has 1 aromatic rings. The summed E-state index contributed by atoms with van der Waals surface area (Å²) in [4.78, 5) is 39.3. The molecule has 2 N–H and O–H groups in total. The molecule has 2 saturated carbocycles. The third-order valence-electron chi connectivity index (χ3n) is 7.10. The van der Waals surface area contributed by atoms with Crippen LogP contribution in [-0.2, 0) is 15.1 Å². The van der Waals surface area contributed by atoms with Gasteiger partial charge in [-0.2, -0.15) is 0 Å². The van der Waals surface area contributed by atoms with Gasteiger partial charge >= 0.3 is 6.03 Å². The molecule has 3 aliphatic rings. The van der Waals surface area contributed by atoms with E-state index in [1.807, 2.05) is 37.3 Å². The highest BCUT2D eigenvalue weighted by Crippen LogP contribution is 2.49. The van der Waals surface area contributed by atoms with Gasteiger partial charge in [0.05, 0.1) is 0 Å². The number of imide groups is 1. The zero-order valence-corrected chi connectivity index (χ0v) is 16.6. The Morgan fingerprint density at radius 1 is 1.25 bits per heavy atom. The Morgan fingerprint density at radius 2 is 2.00 bits per heavy atom. The van der Waals surface area contributed by atoms with E-state index in [-0.39, 0.29) is 24.4 Å². The molecule has 0 radical (unpaired) electrons. The summed E-state index contributed by atoms with van der Waals surface area (Å²) in [6.45, 7) is 3.69. The highest BCUT2D eigenvalue weighted by molar-refractivity contribution is 6.09. The predicted molar refractivity (Wildman–Crippen MR) is 105 cm³/mol. The first kappa shape index (κ1) is 19.0. The van der Waals surface area contributed by atoms with Crippen LogP contribution in [0.4, 0.5) is 4.79 Å². The Morgan fingerprint density at radius 3 is 2.61 bits per heavy atom. The van der Waals surface area contributed by atoms with Crippen molar-refractivity contribution in [2.45, 2.75) is 57.5 Å². The second-order valence-electron chi connectivity index (χ2n) is 8.64.